The van der Waals surface area contributed by atoms with Crippen LogP contribution in [0.3, 0.4) is 0 Å². The van der Waals surface area contributed by atoms with E-state index in [1.807, 2.05) is 42.8 Å². The summed E-state index contributed by atoms with van der Waals surface area (Å²) in [6.07, 6.45) is 7.09. The van der Waals surface area contributed by atoms with Crippen molar-refractivity contribution in [2.45, 2.75) is 39.2 Å². The lowest BCUT2D eigenvalue weighted by Gasteiger charge is -2.28. The average molecular weight is 430 g/mol. The smallest absolute Gasteiger partial charge is 0.256 e. The number of rotatable bonds is 5. The van der Waals surface area contributed by atoms with Crippen molar-refractivity contribution in [1.82, 2.24) is 14.8 Å². The third kappa shape index (κ3) is 3.86. The second-order valence-corrected chi connectivity index (χ2v) is 8.50. The van der Waals surface area contributed by atoms with Gasteiger partial charge in [0.25, 0.3) is 5.91 Å². The van der Waals surface area contributed by atoms with E-state index in [-0.39, 0.29) is 11.9 Å². The molecule has 3 aromatic heterocycles. The molecular weight excluding hydrogens is 402 g/mol. The van der Waals surface area contributed by atoms with Crippen LogP contribution >= 0.6 is 0 Å². The van der Waals surface area contributed by atoms with Gasteiger partial charge in [-0.05, 0) is 75.6 Å². The zero-order chi connectivity index (χ0) is 22.1. The molecule has 0 aliphatic carbocycles. The predicted octanol–water partition coefficient (Wildman–Crippen LogP) is 5.51. The monoisotopic (exact) mass is 429 g/mol. The first-order valence-corrected chi connectivity index (χ1v) is 11.2. The molecule has 0 unspecified atom stereocenters. The molecule has 1 aromatic carbocycles. The summed E-state index contributed by atoms with van der Waals surface area (Å²) in [6.45, 7) is 6.26. The minimum atomic E-state index is -0.195. The van der Waals surface area contributed by atoms with Crippen molar-refractivity contribution in [3.63, 3.8) is 0 Å². The first-order valence-electron chi connectivity index (χ1n) is 11.2. The number of carbonyl (C=O) groups excluding carboxylic acids is 1. The summed E-state index contributed by atoms with van der Waals surface area (Å²) in [6, 6.07) is 13.6. The molecule has 1 aliphatic rings. The normalized spacial score (nSPS) is 14.3. The number of nitrogens with one attached hydrogen (secondary N) is 1. The third-order valence-corrected chi connectivity index (χ3v) is 5.92. The molecule has 0 spiro atoms. The third-order valence-electron chi connectivity index (χ3n) is 5.92. The van der Waals surface area contributed by atoms with E-state index >= 15 is 0 Å². The van der Waals surface area contributed by atoms with Crippen LogP contribution in [0.15, 0.2) is 59.3 Å². The van der Waals surface area contributed by atoms with E-state index in [1.54, 1.807) is 18.5 Å². The molecule has 0 bridgehead atoms. The van der Waals surface area contributed by atoms with Crippen LogP contribution in [-0.2, 0) is 0 Å². The molecule has 0 saturated carbocycles. The van der Waals surface area contributed by atoms with Gasteiger partial charge in [0.2, 0.25) is 0 Å². The standard InChI is InChI=1S/C25H27N5O2/c1-17(2)30-24-21(16-26-30)20(15-22(28-24)23-7-6-14-32-23)25(31)27-18-8-10-19(11-9-18)29-12-4-3-5-13-29/h6-11,14-17H,3-5,12-13H2,1-2H3,(H,27,31). The lowest BCUT2D eigenvalue weighted by atomic mass is 10.1. The SMILES string of the molecule is CC(C)n1ncc2c(C(=O)Nc3ccc(N4CCCCC4)cc3)cc(-c3ccco3)nc21. The molecule has 1 amide bonds. The van der Waals surface area contributed by atoms with E-state index in [0.717, 1.165) is 24.2 Å². The highest BCUT2D eigenvalue weighted by Gasteiger charge is 2.20. The number of benzene rings is 1. The highest BCUT2D eigenvalue weighted by molar-refractivity contribution is 6.12. The zero-order valence-electron chi connectivity index (χ0n) is 18.4. The fourth-order valence-corrected chi connectivity index (χ4v) is 4.24. The molecule has 164 valence electrons. The lowest BCUT2D eigenvalue weighted by Crippen LogP contribution is -2.29. The average Bonchev–Trinajstić information content (AvgIpc) is 3.50. The number of furan rings is 1. The Labute approximate surface area is 187 Å². The topological polar surface area (TPSA) is 76.2 Å². The van der Waals surface area contributed by atoms with Crippen LogP contribution in [0.4, 0.5) is 11.4 Å². The number of hydrogen-bond acceptors (Lipinski definition) is 5. The molecule has 7 nitrogen and oxygen atoms in total. The summed E-state index contributed by atoms with van der Waals surface area (Å²) in [5, 5.41) is 8.23. The van der Waals surface area contributed by atoms with Gasteiger partial charge in [0.15, 0.2) is 11.4 Å². The molecule has 0 radical (unpaired) electrons. The Balaban J connectivity index is 1.46. The van der Waals surface area contributed by atoms with Crippen LogP contribution in [-0.4, -0.2) is 33.8 Å². The summed E-state index contributed by atoms with van der Waals surface area (Å²) in [4.78, 5) is 20.4. The molecule has 4 heterocycles. The first-order chi connectivity index (χ1) is 15.6. The van der Waals surface area contributed by atoms with Crippen LogP contribution in [0, 0.1) is 0 Å². The van der Waals surface area contributed by atoms with Gasteiger partial charge < -0.3 is 14.6 Å². The second-order valence-electron chi connectivity index (χ2n) is 8.50. The Morgan fingerprint density at radius 2 is 1.88 bits per heavy atom. The first kappa shape index (κ1) is 20.3. The Morgan fingerprint density at radius 3 is 2.56 bits per heavy atom. The van der Waals surface area contributed by atoms with Gasteiger partial charge in [-0.1, -0.05) is 0 Å². The van der Waals surface area contributed by atoms with E-state index in [9.17, 15) is 4.79 Å². The second kappa shape index (κ2) is 8.49. The molecule has 32 heavy (non-hydrogen) atoms. The Hall–Kier alpha value is -3.61. The predicted molar refractivity (Wildman–Crippen MR) is 126 cm³/mol. The number of anilines is 2. The fourth-order valence-electron chi connectivity index (χ4n) is 4.24. The molecule has 5 rings (SSSR count). The summed E-state index contributed by atoms with van der Waals surface area (Å²) in [7, 11) is 0. The van der Waals surface area contributed by atoms with Gasteiger partial charge in [0, 0.05) is 30.5 Å². The Morgan fingerprint density at radius 1 is 1.09 bits per heavy atom. The molecule has 1 aliphatic heterocycles. The van der Waals surface area contributed by atoms with Gasteiger partial charge in [-0.25, -0.2) is 9.67 Å². The van der Waals surface area contributed by atoms with Gasteiger partial charge in [0.1, 0.15) is 5.69 Å². The van der Waals surface area contributed by atoms with Crippen LogP contribution in [0.5, 0.6) is 0 Å². The van der Waals surface area contributed by atoms with E-state index in [2.05, 4.69) is 27.4 Å². The zero-order valence-corrected chi connectivity index (χ0v) is 18.4. The largest absolute Gasteiger partial charge is 0.463 e. The number of pyridine rings is 1. The van der Waals surface area contributed by atoms with Crippen molar-refractivity contribution in [3.8, 4) is 11.5 Å². The maximum absolute atomic E-state index is 13.3. The molecule has 7 heteroatoms. The number of hydrogen-bond donors (Lipinski definition) is 1. The maximum atomic E-state index is 13.3. The van der Waals surface area contributed by atoms with E-state index < -0.39 is 0 Å². The van der Waals surface area contributed by atoms with Crippen molar-refractivity contribution in [2.24, 2.45) is 0 Å². The van der Waals surface area contributed by atoms with Gasteiger partial charge in [0.05, 0.1) is 23.4 Å². The van der Waals surface area contributed by atoms with Crippen LogP contribution in [0.2, 0.25) is 0 Å². The molecule has 0 atom stereocenters. The van der Waals surface area contributed by atoms with E-state index in [1.165, 1.54) is 24.9 Å². The minimum Gasteiger partial charge on any atom is -0.463 e. The quantitative estimate of drug-likeness (QED) is 0.452. The molecule has 1 fully saturated rings. The van der Waals surface area contributed by atoms with Crippen LogP contribution < -0.4 is 10.2 Å². The Bertz CT molecular complexity index is 1220. The van der Waals surface area contributed by atoms with Crippen molar-refractivity contribution in [1.29, 1.82) is 0 Å². The number of piperidine rings is 1. The molecule has 4 aromatic rings. The van der Waals surface area contributed by atoms with Crippen molar-refractivity contribution in [2.75, 3.05) is 23.3 Å². The van der Waals surface area contributed by atoms with Gasteiger partial charge >= 0.3 is 0 Å². The van der Waals surface area contributed by atoms with Gasteiger partial charge in [-0.3, -0.25) is 4.79 Å². The van der Waals surface area contributed by atoms with Crippen LogP contribution in [0.1, 0.15) is 49.5 Å². The number of carbonyl (C=O) groups is 1. The number of amides is 1. The summed E-state index contributed by atoms with van der Waals surface area (Å²) >= 11 is 0. The number of aromatic nitrogens is 3. The lowest BCUT2D eigenvalue weighted by molar-refractivity contribution is 0.102. The minimum absolute atomic E-state index is 0.116. The highest BCUT2D eigenvalue weighted by atomic mass is 16.3. The number of nitrogens with zero attached hydrogens (tertiary/aromatic N) is 4. The Kier molecular flexibility index (Phi) is 5.39. The van der Waals surface area contributed by atoms with E-state index in [0.29, 0.717) is 22.7 Å². The highest BCUT2D eigenvalue weighted by Crippen LogP contribution is 2.28. The molecule has 1 N–H and O–H groups in total. The fraction of sp³-hybridized carbons (Fsp3) is 0.320. The number of fused-ring (bicyclic) bond motifs is 1. The van der Waals surface area contributed by atoms with Crippen LogP contribution in [0.25, 0.3) is 22.5 Å². The molecular formula is C25H27N5O2. The van der Waals surface area contributed by atoms with Gasteiger partial charge in [-0.15, -0.1) is 0 Å². The molecule has 1 saturated heterocycles. The van der Waals surface area contributed by atoms with Crippen molar-refractivity contribution < 1.29 is 9.21 Å². The maximum Gasteiger partial charge on any atom is 0.256 e. The van der Waals surface area contributed by atoms with Crippen molar-refractivity contribution in [3.05, 3.63) is 60.5 Å². The summed E-state index contributed by atoms with van der Waals surface area (Å²) < 4.78 is 7.37. The summed E-state index contributed by atoms with van der Waals surface area (Å²) in [5.74, 6) is 0.419. The van der Waals surface area contributed by atoms with E-state index in [4.69, 9.17) is 9.40 Å². The summed E-state index contributed by atoms with van der Waals surface area (Å²) in [5.41, 5.74) is 3.76. The van der Waals surface area contributed by atoms with Gasteiger partial charge in [-0.2, -0.15) is 5.10 Å². The van der Waals surface area contributed by atoms with Crippen molar-refractivity contribution >= 4 is 28.3 Å².